The summed E-state index contributed by atoms with van der Waals surface area (Å²) in [6.45, 7) is 8.75. The summed E-state index contributed by atoms with van der Waals surface area (Å²) in [5, 5.41) is 2.85. The summed E-state index contributed by atoms with van der Waals surface area (Å²) in [5.74, 6) is 0. The third-order valence-electron chi connectivity index (χ3n) is 2.06. The van der Waals surface area contributed by atoms with Gasteiger partial charge in [-0.15, -0.1) is 0 Å². The van der Waals surface area contributed by atoms with Gasteiger partial charge in [-0.1, -0.05) is 38.8 Å². The molecule has 78 valence electrons. The van der Waals surface area contributed by atoms with Gasteiger partial charge in [0.2, 0.25) is 0 Å². The fraction of sp³-hybridized carbons (Fsp3) is 0.667. The van der Waals surface area contributed by atoms with Crippen LogP contribution in [0.2, 0.25) is 10.6 Å². The van der Waals surface area contributed by atoms with Crippen molar-refractivity contribution in [3.05, 3.63) is 23.5 Å². The van der Waals surface area contributed by atoms with Gasteiger partial charge in [-0.3, -0.25) is 0 Å². The molecule has 0 aliphatic rings. The Labute approximate surface area is 95.0 Å². The first-order valence-electron chi connectivity index (χ1n) is 5.71. The molecule has 14 heavy (non-hydrogen) atoms. The first-order chi connectivity index (χ1) is 6.78. The Morgan fingerprint density at radius 1 is 0.929 bits per heavy atom. The maximum atomic E-state index is 4.35. The number of aryl methyl sites for hydroxylation is 2. The Morgan fingerprint density at radius 3 is 1.50 bits per heavy atom. The molecule has 0 fully saturated rings. The Bertz CT molecular complexity index is 197. The number of hydrogen-bond donors (Lipinski definition) is 0. The predicted molar refractivity (Wildman–Crippen MR) is 65.2 cm³/mol. The molecule has 0 amide bonds. The van der Waals surface area contributed by atoms with Crippen molar-refractivity contribution in [2.24, 2.45) is 0 Å². The van der Waals surface area contributed by atoms with Gasteiger partial charge in [0, 0.05) is 0 Å². The van der Waals surface area contributed by atoms with Crippen LogP contribution in [0.15, 0.2) is 12.1 Å². The normalized spacial score (nSPS) is 8.86. The van der Waals surface area contributed by atoms with E-state index in [9.17, 15) is 0 Å². The molecule has 0 aromatic carbocycles. The summed E-state index contributed by atoms with van der Waals surface area (Å²) in [5.41, 5.74) is 2.43. The monoisotopic (exact) mass is 207 g/mol. The second-order valence-electron chi connectivity index (χ2n) is 3.24. The van der Waals surface area contributed by atoms with Gasteiger partial charge in [0.05, 0.1) is 0 Å². The maximum absolute atomic E-state index is 4.35. The van der Waals surface area contributed by atoms with Crippen molar-refractivity contribution in [1.29, 1.82) is 0 Å². The van der Waals surface area contributed by atoms with Crippen molar-refractivity contribution >= 4 is 15.2 Å². The van der Waals surface area contributed by atoms with E-state index in [1.54, 1.807) is 0 Å². The molecule has 1 rings (SSSR count). The van der Waals surface area contributed by atoms with E-state index in [1.165, 1.54) is 22.0 Å². The molecule has 0 saturated carbocycles. The van der Waals surface area contributed by atoms with Crippen LogP contribution in [-0.4, -0.2) is 15.2 Å². The van der Waals surface area contributed by atoms with Crippen LogP contribution < -0.4 is 4.98 Å². The van der Waals surface area contributed by atoms with Crippen molar-refractivity contribution in [3.63, 3.8) is 0 Å². The van der Waals surface area contributed by atoms with Crippen LogP contribution in [-0.2, 0) is 12.8 Å². The summed E-state index contributed by atoms with van der Waals surface area (Å²) >= 11 is 0.815. The molecular weight excluding hydrogens is 185 g/mol. The second-order valence-corrected chi connectivity index (χ2v) is 5.45. The third kappa shape index (κ3) is 6.29. The molecule has 0 aliphatic heterocycles. The molecule has 1 nitrogen and oxygen atoms in total. The molecule has 0 saturated heterocycles. The molecule has 0 spiro atoms. The molecular formula is C12H22AlN. The summed E-state index contributed by atoms with van der Waals surface area (Å²) in [4.78, 5) is 4.35. The van der Waals surface area contributed by atoms with Crippen molar-refractivity contribution in [3.8, 4) is 0 Å². The van der Waals surface area contributed by atoms with Crippen LogP contribution in [0.3, 0.4) is 0 Å². The SMILES string of the molecule is CCc1ccc(CC)[n-]1.C[CH2][Al+][CH2]C. The fourth-order valence-corrected chi connectivity index (χ4v) is 1.71. The van der Waals surface area contributed by atoms with Crippen molar-refractivity contribution in [2.45, 2.75) is 51.1 Å². The summed E-state index contributed by atoms with van der Waals surface area (Å²) in [7, 11) is 0. The first kappa shape index (κ1) is 13.8. The Morgan fingerprint density at radius 2 is 1.36 bits per heavy atom. The molecule has 1 aromatic heterocycles. The van der Waals surface area contributed by atoms with Gasteiger partial charge in [0.25, 0.3) is 0 Å². The number of rotatable bonds is 4. The van der Waals surface area contributed by atoms with Crippen LogP contribution in [0.1, 0.15) is 39.1 Å². The molecule has 2 heteroatoms. The average molecular weight is 207 g/mol. The summed E-state index contributed by atoms with van der Waals surface area (Å²) in [6, 6.07) is 4.19. The molecule has 0 radical (unpaired) electrons. The topological polar surface area (TPSA) is 14.1 Å². The van der Waals surface area contributed by atoms with Gasteiger partial charge in [-0.25, -0.2) is 0 Å². The van der Waals surface area contributed by atoms with E-state index in [4.69, 9.17) is 0 Å². The third-order valence-corrected chi connectivity index (χ3v) is 3.21. The quantitative estimate of drug-likeness (QED) is 0.691. The number of hydrogen-bond acceptors (Lipinski definition) is 0. The van der Waals surface area contributed by atoms with Gasteiger partial charge >= 0.3 is 39.6 Å². The molecule has 0 aliphatic carbocycles. The van der Waals surface area contributed by atoms with Crippen molar-refractivity contribution in [1.82, 2.24) is 4.98 Å². The van der Waals surface area contributed by atoms with Gasteiger partial charge in [-0.2, -0.15) is 11.4 Å². The second kappa shape index (κ2) is 9.37. The van der Waals surface area contributed by atoms with E-state index in [0.29, 0.717) is 0 Å². The van der Waals surface area contributed by atoms with E-state index in [-0.39, 0.29) is 0 Å². The molecule has 0 atom stereocenters. The molecule has 1 heterocycles. The Balaban J connectivity index is 0.000000292. The summed E-state index contributed by atoms with van der Waals surface area (Å²) in [6.07, 6.45) is 2.11. The van der Waals surface area contributed by atoms with Crippen LogP contribution in [0, 0.1) is 0 Å². The molecule has 0 unspecified atom stereocenters. The van der Waals surface area contributed by atoms with E-state index >= 15 is 0 Å². The Hall–Kier alpha value is -0.188. The predicted octanol–water partition coefficient (Wildman–Crippen LogP) is 3.34. The van der Waals surface area contributed by atoms with Crippen LogP contribution in [0.4, 0.5) is 0 Å². The minimum atomic E-state index is 0.815. The first-order valence-corrected chi connectivity index (χ1v) is 7.34. The molecule has 0 bridgehead atoms. The van der Waals surface area contributed by atoms with Crippen LogP contribution in [0.5, 0.6) is 0 Å². The Kier molecular flexibility index (Phi) is 9.25. The van der Waals surface area contributed by atoms with E-state index < -0.39 is 0 Å². The van der Waals surface area contributed by atoms with Gasteiger partial charge in [0.15, 0.2) is 0 Å². The van der Waals surface area contributed by atoms with E-state index in [2.05, 4.69) is 44.8 Å². The van der Waals surface area contributed by atoms with Crippen LogP contribution in [0.25, 0.3) is 0 Å². The van der Waals surface area contributed by atoms with Crippen molar-refractivity contribution < 1.29 is 0 Å². The zero-order valence-electron chi connectivity index (χ0n) is 10.0. The zero-order chi connectivity index (χ0) is 10.8. The average Bonchev–Trinajstić information content (AvgIpc) is 2.67. The minimum absolute atomic E-state index is 0.815. The van der Waals surface area contributed by atoms with Gasteiger partial charge in [-0.05, 0) is 0 Å². The number of nitrogens with zero attached hydrogens (tertiary/aromatic N) is 1. The van der Waals surface area contributed by atoms with Gasteiger partial charge in [0.1, 0.15) is 0 Å². The molecule has 0 N–H and O–H groups in total. The fourth-order valence-electron chi connectivity index (χ4n) is 1.13. The number of aromatic nitrogens is 1. The van der Waals surface area contributed by atoms with E-state index in [1.807, 2.05) is 0 Å². The molecule has 1 aromatic rings. The standard InChI is InChI=1S/C8H12N.2C2H5.Al/c1-3-7-5-6-8(4-2)9-7;2*1-2;/h5-6H,3-4H2,1-2H3;2*1H2,2H3;/q-1;;;+1. The van der Waals surface area contributed by atoms with E-state index in [0.717, 1.165) is 28.1 Å². The van der Waals surface area contributed by atoms with Gasteiger partial charge < -0.3 is 4.98 Å². The van der Waals surface area contributed by atoms with Crippen LogP contribution >= 0.6 is 0 Å². The summed E-state index contributed by atoms with van der Waals surface area (Å²) < 4.78 is 0. The van der Waals surface area contributed by atoms with Crippen molar-refractivity contribution in [2.75, 3.05) is 0 Å². The zero-order valence-corrected chi connectivity index (χ0v) is 11.2.